The maximum Gasteiger partial charge on any atom is 0.306 e. The summed E-state index contributed by atoms with van der Waals surface area (Å²) in [7, 11) is -2.98. The molecule has 208 valence electrons. The van der Waals surface area contributed by atoms with E-state index in [-0.39, 0.29) is 17.1 Å². The van der Waals surface area contributed by atoms with Crippen molar-refractivity contribution in [2.45, 2.75) is 38.7 Å². The fraction of sp³-hybridized carbons (Fsp3) is 0.387. The summed E-state index contributed by atoms with van der Waals surface area (Å²) in [5, 5.41) is 0. The standard InChI is InChI=1S/C31H36O7S/c1-4-36-30(32)19-31(21-35-22-31)26-9-11-27(12-10-26)38-20-24-7-5-8-25(18-24)29-14-13-28(17-23(29)2)37-15-6-16-39(3,33)34/h5,7-14,17-18H,4,6,15-16,19-22H2,1-3H3. The highest BCUT2D eigenvalue weighted by Gasteiger charge is 2.42. The number of esters is 1. The molecule has 0 bridgehead atoms. The summed E-state index contributed by atoms with van der Waals surface area (Å²) in [4.78, 5) is 12.1. The Morgan fingerprint density at radius 3 is 2.36 bits per heavy atom. The molecule has 1 fully saturated rings. The Morgan fingerprint density at radius 2 is 1.72 bits per heavy atom. The third-order valence-corrected chi connectivity index (χ3v) is 7.81. The van der Waals surface area contributed by atoms with E-state index in [1.807, 2.05) is 68.4 Å². The Balaban J connectivity index is 1.35. The molecule has 0 N–H and O–H groups in total. The van der Waals surface area contributed by atoms with Gasteiger partial charge in [-0.1, -0.05) is 36.4 Å². The minimum atomic E-state index is -2.98. The first-order valence-electron chi connectivity index (χ1n) is 13.1. The highest BCUT2D eigenvalue weighted by Crippen LogP contribution is 2.37. The van der Waals surface area contributed by atoms with E-state index in [9.17, 15) is 13.2 Å². The minimum Gasteiger partial charge on any atom is -0.494 e. The summed E-state index contributed by atoms with van der Waals surface area (Å²) < 4.78 is 45.0. The van der Waals surface area contributed by atoms with Crippen LogP contribution in [0.15, 0.2) is 66.7 Å². The number of hydrogen-bond donors (Lipinski definition) is 0. The molecule has 0 aromatic heterocycles. The minimum absolute atomic E-state index is 0.119. The number of aryl methyl sites for hydroxylation is 1. The van der Waals surface area contributed by atoms with E-state index in [0.29, 0.717) is 45.9 Å². The van der Waals surface area contributed by atoms with Gasteiger partial charge in [-0.3, -0.25) is 4.79 Å². The topological polar surface area (TPSA) is 88.1 Å². The summed E-state index contributed by atoms with van der Waals surface area (Å²) in [6.07, 6.45) is 2.01. The third kappa shape index (κ3) is 7.83. The highest BCUT2D eigenvalue weighted by atomic mass is 32.2. The van der Waals surface area contributed by atoms with Gasteiger partial charge in [0.05, 0.1) is 44.0 Å². The Labute approximate surface area is 231 Å². The van der Waals surface area contributed by atoms with Gasteiger partial charge >= 0.3 is 5.97 Å². The monoisotopic (exact) mass is 552 g/mol. The van der Waals surface area contributed by atoms with Gasteiger partial charge in [0.25, 0.3) is 0 Å². The van der Waals surface area contributed by atoms with Crippen molar-refractivity contribution in [3.05, 3.63) is 83.4 Å². The molecule has 1 aliphatic rings. The SMILES string of the molecule is CCOC(=O)CC1(c2ccc(OCc3cccc(-c4ccc(OCCCS(C)(=O)=O)cc4C)c3)cc2)COC1. The lowest BCUT2D eigenvalue weighted by Crippen LogP contribution is -2.48. The van der Waals surface area contributed by atoms with Crippen LogP contribution in [-0.4, -0.2) is 52.8 Å². The number of benzene rings is 3. The first-order valence-corrected chi connectivity index (χ1v) is 15.2. The average Bonchev–Trinajstić information content (AvgIpc) is 2.88. The van der Waals surface area contributed by atoms with Crippen LogP contribution in [0.5, 0.6) is 11.5 Å². The molecule has 0 radical (unpaired) electrons. The molecule has 1 aliphatic heterocycles. The van der Waals surface area contributed by atoms with Crippen molar-refractivity contribution < 1.29 is 32.2 Å². The second-order valence-electron chi connectivity index (χ2n) is 10.1. The lowest BCUT2D eigenvalue weighted by atomic mass is 9.76. The fourth-order valence-electron chi connectivity index (χ4n) is 4.67. The zero-order valence-corrected chi connectivity index (χ0v) is 23.6. The van der Waals surface area contributed by atoms with E-state index in [4.69, 9.17) is 18.9 Å². The number of carbonyl (C=O) groups is 1. The number of carbonyl (C=O) groups excluding carboxylic acids is 1. The Morgan fingerprint density at radius 1 is 0.974 bits per heavy atom. The quantitative estimate of drug-likeness (QED) is 0.211. The van der Waals surface area contributed by atoms with E-state index in [1.54, 1.807) is 0 Å². The lowest BCUT2D eigenvalue weighted by Gasteiger charge is -2.41. The highest BCUT2D eigenvalue weighted by molar-refractivity contribution is 7.90. The molecule has 7 nitrogen and oxygen atoms in total. The molecule has 8 heteroatoms. The Hall–Kier alpha value is -3.36. The van der Waals surface area contributed by atoms with Gasteiger partial charge in [-0.05, 0) is 78.4 Å². The molecule has 39 heavy (non-hydrogen) atoms. The van der Waals surface area contributed by atoms with Crippen molar-refractivity contribution in [1.82, 2.24) is 0 Å². The van der Waals surface area contributed by atoms with Crippen LogP contribution >= 0.6 is 0 Å². The van der Waals surface area contributed by atoms with E-state index in [1.165, 1.54) is 6.26 Å². The Kier molecular flexibility index (Phi) is 9.30. The van der Waals surface area contributed by atoms with Crippen molar-refractivity contribution in [3.8, 4) is 22.6 Å². The van der Waals surface area contributed by atoms with Gasteiger partial charge < -0.3 is 18.9 Å². The molecule has 1 heterocycles. The molecular weight excluding hydrogens is 516 g/mol. The van der Waals surface area contributed by atoms with Gasteiger partial charge in [-0.2, -0.15) is 0 Å². The summed E-state index contributed by atoms with van der Waals surface area (Å²) in [5.74, 6) is 1.39. The molecule has 4 rings (SSSR count). The lowest BCUT2D eigenvalue weighted by molar-refractivity contribution is -0.151. The second-order valence-corrected chi connectivity index (χ2v) is 12.3. The maximum atomic E-state index is 12.1. The molecule has 0 aliphatic carbocycles. The molecular formula is C31H36O7S. The van der Waals surface area contributed by atoms with Crippen LogP contribution in [0.25, 0.3) is 11.1 Å². The van der Waals surface area contributed by atoms with Crippen LogP contribution in [0.4, 0.5) is 0 Å². The van der Waals surface area contributed by atoms with Crippen LogP contribution in [0.1, 0.15) is 36.5 Å². The molecule has 0 saturated carbocycles. The first kappa shape index (κ1) is 28.6. The van der Waals surface area contributed by atoms with Crippen molar-refractivity contribution in [2.24, 2.45) is 0 Å². The number of ether oxygens (including phenoxy) is 4. The van der Waals surface area contributed by atoms with E-state index in [0.717, 1.165) is 39.3 Å². The van der Waals surface area contributed by atoms with Gasteiger partial charge in [0.1, 0.15) is 27.9 Å². The predicted molar refractivity (Wildman–Crippen MR) is 151 cm³/mol. The van der Waals surface area contributed by atoms with Gasteiger partial charge in [-0.25, -0.2) is 8.42 Å². The first-order chi connectivity index (χ1) is 18.7. The average molecular weight is 553 g/mol. The molecule has 0 unspecified atom stereocenters. The smallest absolute Gasteiger partial charge is 0.306 e. The number of sulfone groups is 1. The molecule has 1 saturated heterocycles. The van der Waals surface area contributed by atoms with Crippen LogP contribution in [0, 0.1) is 6.92 Å². The number of hydrogen-bond acceptors (Lipinski definition) is 7. The molecule has 0 atom stereocenters. The Bertz CT molecular complexity index is 1380. The fourth-order valence-corrected chi connectivity index (χ4v) is 5.31. The van der Waals surface area contributed by atoms with E-state index >= 15 is 0 Å². The zero-order chi connectivity index (χ0) is 27.9. The summed E-state index contributed by atoms with van der Waals surface area (Å²) >= 11 is 0. The second kappa shape index (κ2) is 12.7. The maximum absolute atomic E-state index is 12.1. The van der Waals surface area contributed by atoms with Crippen LogP contribution in [0.2, 0.25) is 0 Å². The number of rotatable bonds is 13. The zero-order valence-electron chi connectivity index (χ0n) is 22.8. The normalized spacial score (nSPS) is 14.3. The molecule has 0 spiro atoms. The van der Waals surface area contributed by atoms with Crippen molar-refractivity contribution in [1.29, 1.82) is 0 Å². The predicted octanol–water partition coefficient (Wildman–Crippen LogP) is 5.28. The third-order valence-electron chi connectivity index (χ3n) is 6.78. The summed E-state index contributed by atoms with van der Waals surface area (Å²) in [5.41, 5.74) is 5.02. The van der Waals surface area contributed by atoms with E-state index < -0.39 is 9.84 Å². The molecule has 3 aromatic carbocycles. The van der Waals surface area contributed by atoms with Crippen LogP contribution in [-0.2, 0) is 36.1 Å². The van der Waals surface area contributed by atoms with Gasteiger partial charge in [-0.15, -0.1) is 0 Å². The van der Waals surface area contributed by atoms with E-state index in [2.05, 4.69) is 12.1 Å². The van der Waals surface area contributed by atoms with Crippen molar-refractivity contribution in [3.63, 3.8) is 0 Å². The molecule has 0 amide bonds. The summed E-state index contributed by atoms with van der Waals surface area (Å²) in [6, 6.07) is 22.0. The van der Waals surface area contributed by atoms with Crippen molar-refractivity contribution >= 4 is 15.8 Å². The summed E-state index contributed by atoms with van der Waals surface area (Å²) in [6.45, 7) is 6.02. The van der Waals surface area contributed by atoms with Crippen LogP contribution < -0.4 is 9.47 Å². The van der Waals surface area contributed by atoms with Gasteiger partial charge in [0.15, 0.2) is 0 Å². The van der Waals surface area contributed by atoms with Crippen molar-refractivity contribution in [2.75, 3.05) is 38.4 Å². The largest absolute Gasteiger partial charge is 0.494 e. The van der Waals surface area contributed by atoms with Gasteiger partial charge in [0.2, 0.25) is 0 Å². The van der Waals surface area contributed by atoms with Crippen LogP contribution in [0.3, 0.4) is 0 Å². The molecule has 3 aromatic rings. The van der Waals surface area contributed by atoms with Gasteiger partial charge in [0, 0.05) is 6.26 Å².